The lowest BCUT2D eigenvalue weighted by atomic mass is 9.97. The third-order valence-electron chi connectivity index (χ3n) is 5.80. The second kappa shape index (κ2) is 12.1. The topological polar surface area (TPSA) is 71.3 Å². The molecule has 1 aliphatic heterocycles. The van der Waals surface area contributed by atoms with Crippen LogP contribution in [-0.4, -0.2) is 46.3 Å². The first-order chi connectivity index (χ1) is 16.5. The van der Waals surface area contributed by atoms with Gasteiger partial charge in [-0.1, -0.05) is 58.2 Å². The first-order valence-electron chi connectivity index (χ1n) is 11.4. The normalized spacial score (nSPS) is 16.5. The molecule has 1 saturated heterocycles. The van der Waals surface area contributed by atoms with Crippen LogP contribution in [0.5, 0.6) is 0 Å². The number of aromatic nitrogens is 2. The van der Waals surface area contributed by atoms with Gasteiger partial charge in [-0.25, -0.2) is 0 Å². The summed E-state index contributed by atoms with van der Waals surface area (Å²) in [5, 5.41) is 8.53. The van der Waals surface area contributed by atoms with Crippen molar-refractivity contribution in [2.75, 3.05) is 25.4 Å². The van der Waals surface area contributed by atoms with Gasteiger partial charge in [0.25, 0.3) is 0 Å². The fourth-order valence-corrected chi connectivity index (χ4v) is 5.45. The minimum atomic E-state index is -0.0244. The standard InChI is InChI=1S/C25H28Cl2N4O2S/c1-17-4-2-5-18(12-17)24-29-23(33-30-24)15-31-10-3-6-19(14-31)25(32)28-9-11-34-16-20-7-8-21(26)13-22(20)27/h2,4-5,7-8,12-13,19H,3,6,9-11,14-16H2,1H3,(H,28,32). The molecular weight excluding hydrogens is 491 g/mol. The second-order valence-corrected chi connectivity index (χ2v) is 10.5. The van der Waals surface area contributed by atoms with Crippen LogP contribution >= 0.6 is 35.0 Å². The van der Waals surface area contributed by atoms with Gasteiger partial charge < -0.3 is 9.84 Å². The molecule has 9 heteroatoms. The van der Waals surface area contributed by atoms with Crippen molar-refractivity contribution in [3.05, 3.63) is 69.5 Å². The molecule has 2 heterocycles. The lowest BCUT2D eigenvalue weighted by molar-refractivity contribution is -0.126. The van der Waals surface area contributed by atoms with E-state index in [1.165, 1.54) is 0 Å². The van der Waals surface area contributed by atoms with Gasteiger partial charge in [0.1, 0.15) is 0 Å². The first kappa shape index (κ1) is 25.0. The van der Waals surface area contributed by atoms with Crippen molar-refractivity contribution in [2.24, 2.45) is 5.92 Å². The van der Waals surface area contributed by atoms with E-state index < -0.39 is 0 Å². The highest BCUT2D eigenvalue weighted by molar-refractivity contribution is 7.98. The van der Waals surface area contributed by atoms with Crippen molar-refractivity contribution in [3.63, 3.8) is 0 Å². The van der Waals surface area contributed by atoms with Gasteiger partial charge in [0, 0.05) is 40.2 Å². The number of hydrogen-bond acceptors (Lipinski definition) is 6. The summed E-state index contributed by atoms with van der Waals surface area (Å²) in [7, 11) is 0. The lowest BCUT2D eigenvalue weighted by Crippen LogP contribution is -2.43. The predicted molar refractivity (Wildman–Crippen MR) is 138 cm³/mol. The van der Waals surface area contributed by atoms with E-state index in [4.69, 9.17) is 27.7 Å². The van der Waals surface area contributed by atoms with E-state index in [-0.39, 0.29) is 11.8 Å². The zero-order valence-corrected chi connectivity index (χ0v) is 21.4. The summed E-state index contributed by atoms with van der Waals surface area (Å²) in [6, 6.07) is 13.6. The number of aryl methyl sites for hydroxylation is 1. The Bertz CT molecular complexity index is 1120. The number of piperidine rings is 1. The van der Waals surface area contributed by atoms with Gasteiger partial charge >= 0.3 is 0 Å². The third-order valence-corrected chi connectivity index (χ3v) is 7.39. The molecule has 0 aliphatic carbocycles. The number of thioether (sulfide) groups is 1. The van der Waals surface area contributed by atoms with Crippen LogP contribution < -0.4 is 5.32 Å². The fourth-order valence-electron chi connectivity index (χ4n) is 4.04. The Kier molecular flexibility index (Phi) is 8.89. The molecule has 1 atom stereocenters. The molecule has 34 heavy (non-hydrogen) atoms. The Labute approximate surface area is 214 Å². The molecule has 1 N–H and O–H groups in total. The summed E-state index contributed by atoms with van der Waals surface area (Å²) >= 11 is 13.9. The van der Waals surface area contributed by atoms with Crippen LogP contribution in [0.2, 0.25) is 10.0 Å². The van der Waals surface area contributed by atoms with Crippen LogP contribution in [0, 0.1) is 12.8 Å². The first-order valence-corrected chi connectivity index (χ1v) is 13.3. The van der Waals surface area contributed by atoms with Gasteiger partial charge in [-0.05, 0) is 50.1 Å². The molecule has 1 unspecified atom stereocenters. The molecule has 0 bridgehead atoms. The number of rotatable bonds is 9. The summed E-state index contributed by atoms with van der Waals surface area (Å²) in [5.41, 5.74) is 3.15. The zero-order chi connectivity index (χ0) is 23.9. The maximum absolute atomic E-state index is 12.7. The molecule has 1 aliphatic rings. The molecule has 180 valence electrons. The van der Waals surface area contributed by atoms with Crippen LogP contribution in [0.3, 0.4) is 0 Å². The van der Waals surface area contributed by atoms with Crippen LogP contribution in [-0.2, 0) is 17.1 Å². The third kappa shape index (κ3) is 6.98. The van der Waals surface area contributed by atoms with Crippen molar-refractivity contribution < 1.29 is 9.32 Å². The van der Waals surface area contributed by atoms with Gasteiger partial charge in [0.05, 0.1) is 12.5 Å². The molecule has 1 amide bonds. The Morgan fingerprint density at radius 2 is 2.15 bits per heavy atom. The minimum absolute atomic E-state index is 0.0244. The van der Waals surface area contributed by atoms with E-state index >= 15 is 0 Å². The lowest BCUT2D eigenvalue weighted by Gasteiger charge is -2.30. The average molecular weight is 519 g/mol. The highest BCUT2D eigenvalue weighted by Crippen LogP contribution is 2.25. The number of nitrogens with one attached hydrogen (secondary N) is 1. The van der Waals surface area contributed by atoms with Crippen molar-refractivity contribution in [3.8, 4) is 11.4 Å². The Morgan fingerprint density at radius 3 is 2.97 bits per heavy atom. The number of hydrogen-bond donors (Lipinski definition) is 1. The number of likely N-dealkylation sites (tertiary alicyclic amines) is 1. The predicted octanol–water partition coefficient (Wildman–Crippen LogP) is 5.61. The Hall–Kier alpha value is -2.06. The minimum Gasteiger partial charge on any atom is -0.355 e. The quantitative estimate of drug-likeness (QED) is 0.371. The SMILES string of the molecule is Cc1cccc(-c2noc(CN3CCCC(C(=O)NCCSCc4ccc(Cl)cc4Cl)C3)n2)c1. The van der Waals surface area contributed by atoms with Crippen LogP contribution in [0.4, 0.5) is 0 Å². The van der Waals surface area contributed by atoms with E-state index in [1.54, 1.807) is 17.8 Å². The molecular formula is C25H28Cl2N4O2S. The molecule has 1 fully saturated rings. The van der Waals surface area contributed by atoms with Crippen LogP contribution in [0.25, 0.3) is 11.4 Å². The number of halogens is 2. The Morgan fingerprint density at radius 1 is 1.26 bits per heavy atom. The number of amides is 1. The highest BCUT2D eigenvalue weighted by atomic mass is 35.5. The van der Waals surface area contributed by atoms with E-state index in [2.05, 4.69) is 20.4 Å². The number of carbonyl (C=O) groups is 1. The summed E-state index contributed by atoms with van der Waals surface area (Å²) in [6.07, 6.45) is 1.87. The van der Waals surface area contributed by atoms with Gasteiger partial charge in [0.15, 0.2) is 0 Å². The van der Waals surface area contributed by atoms with E-state index in [0.29, 0.717) is 41.4 Å². The van der Waals surface area contributed by atoms with Gasteiger partial charge in [-0.2, -0.15) is 16.7 Å². The zero-order valence-electron chi connectivity index (χ0n) is 19.1. The second-order valence-electron chi connectivity index (χ2n) is 8.53. The monoisotopic (exact) mass is 518 g/mol. The van der Waals surface area contributed by atoms with Crippen LogP contribution in [0.15, 0.2) is 47.0 Å². The maximum atomic E-state index is 12.7. The number of nitrogens with zero attached hydrogens (tertiary/aromatic N) is 3. The number of carbonyl (C=O) groups excluding carboxylic acids is 1. The maximum Gasteiger partial charge on any atom is 0.241 e. The summed E-state index contributed by atoms with van der Waals surface area (Å²) in [6.45, 7) is 4.84. The van der Waals surface area contributed by atoms with Gasteiger partial charge in [0.2, 0.25) is 17.6 Å². The molecule has 3 aromatic rings. The summed E-state index contributed by atoms with van der Waals surface area (Å²) < 4.78 is 5.48. The molecule has 6 nitrogen and oxygen atoms in total. The Balaban J connectivity index is 1.20. The van der Waals surface area contributed by atoms with E-state index in [9.17, 15) is 4.79 Å². The van der Waals surface area contributed by atoms with Crippen molar-refractivity contribution in [1.29, 1.82) is 0 Å². The smallest absolute Gasteiger partial charge is 0.241 e. The molecule has 0 saturated carbocycles. The highest BCUT2D eigenvalue weighted by Gasteiger charge is 2.26. The van der Waals surface area contributed by atoms with Gasteiger partial charge in [-0.15, -0.1) is 0 Å². The van der Waals surface area contributed by atoms with Crippen LogP contribution in [0.1, 0.15) is 29.9 Å². The van der Waals surface area contributed by atoms with Crippen molar-refractivity contribution in [1.82, 2.24) is 20.4 Å². The number of benzene rings is 2. The summed E-state index contributed by atoms with van der Waals surface area (Å²) in [4.78, 5) is 19.5. The van der Waals surface area contributed by atoms with Gasteiger partial charge in [-0.3, -0.25) is 9.69 Å². The van der Waals surface area contributed by atoms with Crippen molar-refractivity contribution >= 4 is 40.9 Å². The molecule has 1 aromatic heterocycles. The average Bonchev–Trinajstić information content (AvgIpc) is 3.28. The van der Waals surface area contributed by atoms with Crippen molar-refractivity contribution in [2.45, 2.75) is 32.1 Å². The molecule has 2 aromatic carbocycles. The molecule has 0 radical (unpaired) electrons. The summed E-state index contributed by atoms with van der Waals surface area (Å²) in [5.74, 6) is 2.88. The largest absolute Gasteiger partial charge is 0.355 e. The van der Waals surface area contributed by atoms with E-state index in [0.717, 1.165) is 47.6 Å². The molecule has 0 spiro atoms. The fraction of sp³-hybridized carbons (Fsp3) is 0.400. The molecule has 4 rings (SSSR count). The van der Waals surface area contributed by atoms with E-state index in [1.807, 2.05) is 43.3 Å².